The molecule has 0 bridgehead atoms. The fourth-order valence-corrected chi connectivity index (χ4v) is 3.77. The maximum atomic E-state index is 13.1. The predicted molar refractivity (Wildman–Crippen MR) is 111 cm³/mol. The Kier molecular flexibility index (Phi) is 6.87. The molecule has 1 aromatic carbocycles. The molecule has 1 aliphatic heterocycles. The molecular weight excluding hydrogens is 384 g/mol. The Bertz CT molecular complexity index is 896. The van der Waals surface area contributed by atoms with Crippen molar-refractivity contribution in [3.63, 3.8) is 0 Å². The van der Waals surface area contributed by atoms with E-state index < -0.39 is 24.0 Å². The van der Waals surface area contributed by atoms with E-state index >= 15 is 0 Å². The number of nitrogens with zero attached hydrogens (tertiary/aromatic N) is 3. The Morgan fingerprint density at radius 2 is 2.13 bits per heavy atom. The smallest absolute Gasteiger partial charge is 0.326 e. The number of carboxylic acid groups (broad SMARTS) is 1. The number of carboxylic acids is 1. The van der Waals surface area contributed by atoms with Crippen LogP contribution in [-0.4, -0.2) is 56.0 Å². The summed E-state index contributed by atoms with van der Waals surface area (Å²) in [6, 6.07) is 5.73. The Labute approximate surface area is 175 Å². The first-order valence-electron chi connectivity index (χ1n) is 10.3. The highest BCUT2D eigenvalue weighted by Crippen LogP contribution is 2.22. The number of nitrogens with one attached hydrogen (secondary N) is 1. The van der Waals surface area contributed by atoms with Gasteiger partial charge < -0.3 is 19.9 Å². The van der Waals surface area contributed by atoms with Gasteiger partial charge in [-0.15, -0.1) is 0 Å². The molecule has 2 amide bonds. The molecule has 1 aromatic heterocycles. The summed E-state index contributed by atoms with van der Waals surface area (Å²) in [6.45, 7) is 4.75. The van der Waals surface area contributed by atoms with Gasteiger partial charge in [0.15, 0.2) is 0 Å². The van der Waals surface area contributed by atoms with Crippen LogP contribution < -0.4 is 5.32 Å². The SMILES string of the molecule is CC[C@@H](C)[C@H](NC(=O)[C@@H]1CCCN1C(=O)c1cccc(Cn2ccnc2)c1)C(=O)O. The Balaban J connectivity index is 1.72. The van der Waals surface area contributed by atoms with Gasteiger partial charge in [-0.3, -0.25) is 9.59 Å². The van der Waals surface area contributed by atoms with Gasteiger partial charge in [0.25, 0.3) is 5.91 Å². The minimum absolute atomic E-state index is 0.197. The summed E-state index contributed by atoms with van der Waals surface area (Å²) in [7, 11) is 0. The molecule has 0 unspecified atom stereocenters. The molecule has 8 heteroatoms. The minimum atomic E-state index is -1.05. The summed E-state index contributed by atoms with van der Waals surface area (Å²) in [5.74, 6) is -1.86. The zero-order chi connectivity index (χ0) is 21.7. The number of aliphatic carboxylic acids is 1. The van der Waals surface area contributed by atoms with E-state index in [0.717, 1.165) is 5.56 Å². The number of rotatable bonds is 8. The quantitative estimate of drug-likeness (QED) is 0.691. The molecule has 1 saturated heterocycles. The van der Waals surface area contributed by atoms with E-state index in [4.69, 9.17) is 0 Å². The van der Waals surface area contributed by atoms with Gasteiger partial charge in [-0.05, 0) is 36.5 Å². The summed E-state index contributed by atoms with van der Waals surface area (Å²) < 4.78 is 1.91. The van der Waals surface area contributed by atoms with E-state index in [2.05, 4.69) is 10.3 Å². The second kappa shape index (κ2) is 9.56. The molecule has 2 N–H and O–H groups in total. The van der Waals surface area contributed by atoms with Gasteiger partial charge in [-0.25, -0.2) is 9.78 Å². The van der Waals surface area contributed by atoms with Crippen molar-refractivity contribution in [3.05, 3.63) is 54.1 Å². The number of hydrogen-bond acceptors (Lipinski definition) is 4. The number of carbonyl (C=O) groups is 3. The van der Waals surface area contributed by atoms with Crippen LogP contribution in [0.25, 0.3) is 0 Å². The van der Waals surface area contributed by atoms with E-state index in [-0.39, 0.29) is 11.8 Å². The van der Waals surface area contributed by atoms with Crippen LogP contribution in [0.5, 0.6) is 0 Å². The third-order valence-electron chi connectivity index (χ3n) is 5.69. The van der Waals surface area contributed by atoms with Crippen LogP contribution in [0.15, 0.2) is 43.0 Å². The molecule has 8 nitrogen and oxygen atoms in total. The summed E-state index contributed by atoms with van der Waals surface area (Å²) >= 11 is 0. The molecule has 0 aliphatic carbocycles. The first-order chi connectivity index (χ1) is 14.4. The fraction of sp³-hybridized carbons (Fsp3) is 0.455. The van der Waals surface area contributed by atoms with E-state index in [1.54, 1.807) is 30.4 Å². The van der Waals surface area contributed by atoms with Gasteiger partial charge in [-0.1, -0.05) is 32.4 Å². The van der Waals surface area contributed by atoms with Crippen LogP contribution in [0.1, 0.15) is 49.0 Å². The van der Waals surface area contributed by atoms with Crippen molar-refractivity contribution in [2.24, 2.45) is 5.92 Å². The highest BCUT2D eigenvalue weighted by atomic mass is 16.4. The molecule has 3 rings (SSSR count). The van der Waals surface area contributed by atoms with Crippen LogP contribution in [0.2, 0.25) is 0 Å². The molecule has 1 fully saturated rings. The van der Waals surface area contributed by atoms with E-state index in [0.29, 0.717) is 37.9 Å². The lowest BCUT2D eigenvalue weighted by molar-refractivity contribution is -0.143. The number of carbonyl (C=O) groups excluding carboxylic acids is 2. The average molecular weight is 412 g/mol. The topological polar surface area (TPSA) is 105 Å². The number of aromatic nitrogens is 2. The van der Waals surface area contributed by atoms with Crippen LogP contribution in [0.4, 0.5) is 0 Å². The van der Waals surface area contributed by atoms with Gasteiger partial charge in [-0.2, -0.15) is 0 Å². The van der Waals surface area contributed by atoms with E-state index in [9.17, 15) is 19.5 Å². The minimum Gasteiger partial charge on any atom is -0.480 e. The summed E-state index contributed by atoms with van der Waals surface area (Å²) in [5, 5.41) is 12.1. The number of amides is 2. The van der Waals surface area contributed by atoms with Crippen LogP contribution in [-0.2, 0) is 16.1 Å². The molecule has 2 aromatic rings. The van der Waals surface area contributed by atoms with Crippen LogP contribution in [0, 0.1) is 5.92 Å². The van der Waals surface area contributed by atoms with Crippen molar-refractivity contribution in [2.75, 3.05) is 6.54 Å². The largest absolute Gasteiger partial charge is 0.480 e. The van der Waals surface area contributed by atoms with Gasteiger partial charge in [0.1, 0.15) is 12.1 Å². The normalized spacial score (nSPS) is 18.1. The molecule has 0 saturated carbocycles. The fourth-order valence-electron chi connectivity index (χ4n) is 3.77. The Morgan fingerprint density at radius 1 is 1.33 bits per heavy atom. The number of benzene rings is 1. The maximum absolute atomic E-state index is 13.1. The first kappa shape index (κ1) is 21.5. The number of hydrogen-bond donors (Lipinski definition) is 2. The lowest BCUT2D eigenvalue weighted by Gasteiger charge is -2.27. The Hall–Kier alpha value is -3.16. The zero-order valence-electron chi connectivity index (χ0n) is 17.3. The predicted octanol–water partition coefficient (Wildman–Crippen LogP) is 2.15. The first-order valence-corrected chi connectivity index (χ1v) is 10.3. The summed E-state index contributed by atoms with van der Waals surface area (Å²) in [4.78, 5) is 43.1. The lowest BCUT2D eigenvalue weighted by atomic mass is 9.98. The van der Waals surface area contributed by atoms with Crippen LogP contribution >= 0.6 is 0 Å². The van der Waals surface area contributed by atoms with Crippen molar-refractivity contribution in [1.29, 1.82) is 0 Å². The van der Waals surface area contributed by atoms with E-state index in [1.807, 2.05) is 35.9 Å². The lowest BCUT2D eigenvalue weighted by Crippen LogP contribution is -2.52. The molecular formula is C22H28N4O4. The average Bonchev–Trinajstić information content (AvgIpc) is 3.42. The Morgan fingerprint density at radius 3 is 2.80 bits per heavy atom. The zero-order valence-corrected chi connectivity index (χ0v) is 17.3. The van der Waals surface area contributed by atoms with E-state index in [1.165, 1.54) is 0 Å². The van der Waals surface area contributed by atoms with Crippen molar-refractivity contribution >= 4 is 17.8 Å². The summed E-state index contributed by atoms with van der Waals surface area (Å²) in [6.07, 6.45) is 7.14. The van der Waals surface area contributed by atoms with Gasteiger partial charge in [0.05, 0.1) is 6.33 Å². The molecule has 0 spiro atoms. The maximum Gasteiger partial charge on any atom is 0.326 e. The van der Waals surface area contributed by atoms with Crippen molar-refractivity contribution < 1.29 is 19.5 Å². The molecule has 2 heterocycles. The highest BCUT2D eigenvalue weighted by molar-refractivity contribution is 5.98. The van der Waals surface area contributed by atoms with Crippen molar-refractivity contribution in [1.82, 2.24) is 19.8 Å². The van der Waals surface area contributed by atoms with Gasteiger partial charge >= 0.3 is 5.97 Å². The third kappa shape index (κ3) is 4.87. The standard InChI is InChI=1S/C22H28N4O4/c1-3-15(2)19(22(29)30)24-20(27)18-8-5-10-26(18)21(28)17-7-4-6-16(12-17)13-25-11-9-23-14-25/h4,6-7,9,11-12,14-15,18-19H,3,5,8,10,13H2,1-2H3,(H,24,27)(H,29,30)/t15-,18+,19+/m1/s1. The van der Waals surface area contributed by atoms with Crippen molar-refractivity contribution in [3.8, 4) is 0 Å². The number of likely N-dealkylation sites (tertiary alicyclic amines) is 1. The third-order valence-corrected chi connectivity index (χ3v) is 5.69. The van der Waals surface area contributed by atoms with Crippen molar-refractivity contribution in [2.45, 2.75) is 51.7 Å². The molecule has 160 valence electrons. The molecule has 0 radical (unpaired) electrons. The molecule has 3 atom stereocenters. The summed E-state index contributed by atoms with van der Waals surface area (Å²) in [5.41, 5.74) is 1.48. The number of imidazole rings is 1. The second-order valence-electron chi connectivity index (χ2n) is 7.80. The molecule has 1 aliphatic rings. The van der Waals surface area contributed by atoms with Gasteiger partial charge in [0, 0.05) is 31.0 Å². The van der Waals surface area contributed by atoms with Gasteiger partial charge in [0.2, 0.25) is 5.91 Å². The second-order valence-corrected chi connectivity index (χ2v) is 7.80. The van der Waals surface area contributed by atoms with Crippen LogP contribution in [0.3, 0.4) is 0 Å². The highest BCUT2D eigenvalue weighted by Gasteiger charge is 2.37. The molecule has 30 heavy (non-hydrogen) atoms. The monoisotopic (exact) mass is 412 g/mol.